The number of hydrogen-bond donors (Lipinski definition) is 1. The molecule has 4 heteroatoms. The van der Waals surface area contributed by atoms with Crippen LogP contribution >= 0.6 is 0 Å². The zero-order chi connectivity index (χ0) is 11.2. The second-order valence-electron chi connectivity index (χ2n) is 4.16. The molecule has 0 unspecified atom stereocenters. The lowest BCUT2D eigenvalue weighted by Gasteiger charge is -2.27. The Morgan fingerprint density at radius 3 is 2.94 bits per heavy atom. The minimum absolute atomic E-state index is 0.568. The fraction of sp³-hybridized carbons (Fsp3) is 0.154. The number of rotatable bonds is 0. The summed E-state index contributed by atoms with van der Waals surface area (Å²) in [5.41, 5.74) is 4.54. The van der Waals surface area contributed by atoms with Crippen molar-refractivity contribution in [2.75, 3.05) is 13.2 Å². The maximum absolute atomic E-state index is 5.72. The number of H-pyrrole nitrogens is 1. The number of ether oxygens (including phenoxy) is 2. The highest BCUT2D eigenvalue weighted by Crippen LogP contribution is 2.42. The van der Waals surface area contributed by atoms with E-state index in [-0.39, 0.29) is 0 Å². The lowest BCUT2D eigenvalue weighted by atomic mass is 9.91. The second kappa shape index (κ2) is 3.13. The van der Waals surface area contributed by atoms with Crippen molar-refractivity contribution < 1.29 is 9.47 Å². The maximum atomic E-state index is 5.72. The summed E-state index contributed by atoms with van der Waals surface area (Å²) in [4.78, 5) is 0. The van der Waals surface area contributed by atoms with E-state index in [1.54, 1.807) is 0 Å². The largest absolute Gasteiger partial charge is 0.488 e. The van der Waals surface area contributed by atoms with Crippen molar-refractivity contribution in [3.8, 4) is 11.6 Å². The van der Waals surface area contributed by atoms with Gasteiger partial charge in [0.2, 0.25) is 5.88 Å². The maximum Gasteiger partial charge on any atom is 0.217 e. The van der Waals surface area contributed by atoms with E-state index in [0.717, 1.165) is 22.8 Å². The van der Waals surface area contributed by atoms with Gasteiger partial charge in [0.1, 0.15) is 19.0 Å². The van der Waals surface area contributed by atoms with E-state index in [4.69, 9.17) is 9.47 Å². The highest BCUT2D eigenvalue weighted by atomic mass is 16.5. The topological polar surface area (TPSA) is 47.1 Å². The molecule has 0 atom stereocenters. The van der Waals surface area contributed by atoms with Gasteiger partial charge in [-0.05, 0) is 6.07 Å². The smallest absolute Gasteiger partial charge is 0.217 e. The Morgan fingerprint density at radius 1 is 1.06 bits per heavy atom. The molecule has 0 saturated heterocycles. The molecule has 84 valence electrons. The first-order valence-electron chi connectivity index (χ1n) is 5.54. The molecule has 0 saturated carbocycles. The standard InChI is InChI=1S/C13H10N2O2/c1-2-4-11-9(3-1)12-8(6-16-11)7-17-13-10(12)5-14-15-13/h1-5H,6-7H2,(H,14,15). The monoisotopic (exact) mass is 226 g/mol. The van der Waals surface area contributed by atoms with Gasteiger partial charge in [-0.3, -0.25) is 0 Å². The molecule has 1 aromatic heterocycles. The van der Waals surface area contributed by atoms with Crippen LogP contribution in [0.4, 0.5) is 0 Å². The number of nitrogens with one attached hydrogen (secondary N) is 1. The van der Waals surface area contributed by atoms with Gasteiger partial charge in [0, 0.05) is 16.7 Å². The summed E-state index contributed by atoms with van der Waals surface area (Å²) >= 11 is 0. The number of aromatic nitrogens is 2. The van der Waals surface area contributed by atoms with Crippen LogP contribution in [-0.2, 0) is 0 Å². The molecule has 2 aromatic rings. The third-order valence-electron chi connectivity index (χ3n) is 3.18. The van der Waals surface area contributed by atoms with Crippen LogP contribution in [0.1, 0.15) is 11.1 Å². The second-order valence-corrected chi connectivity index (χ2v) is 4.16. The van der Waals surface area contributed by atoms with E-state index in [0.29, 0.717) is 13.2 Å². The van der Waals surface area contributed by atoms with Crippen LogP contribution in [-0.4, -0.2) is 23.4 Å². The van der Waals surface area contributed by atoms with Crippen molar-refractivity contribution in [1.82, 2.24) is 10.2 Å². The van der Waals surface area contributed by atoms with Crippen LogP contribution < -0.4 is 9.47 Å². The molecular formula is C13H10N2O2. The van der Waals surface area contributed by atoms with Gasteiger partial charge < -0.3 is 9.47 Å². The summed E-state index contributed by atoms with van der Waals surface area (Å²) in [6, 6.07) is 8.08. The van der Waals surface area contributed by atoms with Crippen molar-refractivity contribution in [3.63, 3.8) is 0 Å². The zero-order valence-corrected chi connectivity index (χ0v) is 9.06. The molecule has 0 aliphatic carbocycles. The van der Waals surface area contributed by atoms with Crippen LogP contribution in [0.2, 0.25) is 0 Å². The Bertz CT molecular complexity index is 628. The first kappa shape index (κ1) is 8.87. The van der Waals surface area contributed by atoms with Gasteiger partial charge in [0.05, 0.1) is 11.8 Å². The molecule has 2 aliphatic heterocycles. The van der Waals surface area contributed by atoms with Gasteiger partial charge in [-0.1, -0.05) is 18.2 Å². The van der Waals surface area contributed by atoms with Gasteiger partial charge >= 0.3 is 0 Å². The molecule has 2 aliphatic rings. The van der Waals surface area contributed by atoms with Crippen LogP contribution in [0.3, 0.4) is 0 Å². The number of fused-ring (bicyclic) bond motifs is 4. The van der Waals surface area contributed by atoms with Gasteiger partial charge in [-0.25, -0.2) is 5.10 Å². The Labute approximate surface area is 97.9 Å². The van der Waals surface area contributed by atoms with E-state index >= 15 is 0 Å². The predicted molar refractivity (Wildman–Crippen MR) is 62.0 cm³/mol. The van der Waals surface area contributed by atoms with Crippen molar-refractivity contribution in [1.29, 1.82) is 0 Å². The molecule has 0 spiro atoms. The highest BCUT2D eigenvalue weighted by Gasteiger charge is 2.28. The molecule has 1 aromatic carbocycles. The number of nitrogens with zero attached hydrogens (tertiary/aromatic N) is 1. The fourth-order valence-corrected chi connectivity index (χ4v) is 2.40. The summed E-state index contributed by atoms with van der Waals surface area (Å²) in [7, 11) is 0. The Morgan fingerprint density at radius 2 is 1.94 bits per heavy atom. The number of benzene rings is 1. The van der Waals surface area contributed by atoms with Crippen molar-refractivity contribution in [3.05, 3.63) is 47.2 Å². The van der Waals surface area contributed by atoms with Crippen molar-refractivity contribution in [2.45, 2.75) is 0 Å². The Kier molecular flexibility index (Phi) is 1.63. The minimum Gasteiger partial charge on any atom is -0.488 e. The average Bonchev–Trinajstić information content (AvgIpc) is 2.86. The van der Waals surface area contributed by atoms with E-state index in [2.05, 4.69) is 16.3 Å². The molecular weight excluding hydrogens is 216 g/mol. The summed E-state index contributed by atoms with van der Waals surface area (Å²) in [5.74, 6) is 1.68. The summed E-state index contributed by atoms with van der Waals surface area (Å²) in [6.45, 7) is 1.16. The van der Waals surface area contributed by atoms with E-state index in [1.165, 1.54) is 11.1 Å². The van der Waals surface area contributed by atoms with E-state index in [9.17, 15) is 0 Å². The number of aromatic amines is 1. The molecule has 4 rings (SSSR count). The first-order chi connectivity index (χ1) is 8.43. The molecule has 1 N–H and O–H groups in total. The van der Waals surface area contributed by atoms with Crippen LogP contribution in [0, 0.1) is 0 Å². The molecule has 0 bridgehead atoms. The highest BCUT2D eigenvalue weighted by molar-refractivity contribution is 5.88. The lowest BCUT2D eigenvalue weighted by molar-refractivity contribution is 0.284. The summed E-state index contributed by atoms with van der Waals surface area (Å²) in [6.07, 6.45) is 1.81. The van der Waals surface area contributed by atoms with Crippen LogP contribution in [0.15, 0.2) is 36.0 Å². The Hall–Kier alpha value is -2.23. The number of para-hydroxylation sites is 1. The van der Waals surface area contributed by atoms with Gasteiger partial charge in [-0.15, -0.1) is 0 Å². The Balaban J connectivity index is 2.01. The average molecular weight is 226 g/mol. The SMILES string of the molecule is c1ccc2c(c1)OCC1=C2c2cn[nH]c2OC1. The quantitative estimate of drug-likeness (QED) is 0.747. The summed E-state index contributed by atoms with van der Waals surface area (Å²) < 4.78 is 11.3. The normalized spacial score (nSPS) is 16.5. The summed E-state index contributed by atoms with van der Waals surface area (Å²) in [5, 5.41) is 6.92. The van der Waals surface area contributed by atoms with Gasteiger partial charge in [-0.2, -0.15) is 5.10 Å². The number of hydrogen-bond acceptors (Lipinski definition) is 3. The molecule has 4 nitrogen and oxygen atoms in total. The molecule has 3 heterocycles. The molecule has 17 heavy (non-hydrogen) atoms. The van der Waals surface area contributed by atoms with Gasteiger partial charge in [0.25, 0.3) is 0 Å². The minimum atomic E-state index is 0.568. The lowest BCUT2D eigenvalue weighted by Crippen LogP contribution is -2.20. The molecule has 0 radical (unpaired) electrons. The molecule has 0 fully saturated rings. The zero-order valence-electron chi connectivity index (χ0n) is 9.06. The fourth-order valence-electron chi connectivity index (χ4n) is 2.40. The van der Waals surface area contributed by atoms with Crippen LogP contribution in [0.5, 0.6) is 11.6 Å². The third kappa shape index (κ3) is 1.15. The first-order valence-corrected chi connectivity index (χ1v) is 5.54. The van der Waals surface area contributed by atoms with E-state index in [1.807, 2.05) is 24.4 Å². The van der Waals surface area contributed by atoms with Gasteiger partial charge in [0.15, 0.2) is 0 Å². The predicted octanol–water partition coefficient (Wildman–Crippen LogP) is 2.00. The molecule has 0 amide bonds. The van der Waals surface area contributed by atoms with Crippen LogP contribution in [0.25, 0.3) is 5.57 Å². The van der Waals surface area contributed by atoms with E-state index < -0.39 is 0 Å². The third-order valence-corrected chi connectivity index (χ3v) is 3.18. The van der Waals surface area contributed by atoms with Crippen molar-refractivity contribution >= 4 is 5.57 Å². The van der Waals surface area contributed by atoms with Crippen molar-refractivity contribution in [2.24, 2.45) is 0 Å².